The highest BCUT2D eigenvalue weighted by molar-refractivity contribution is 5.94. The van der Waals surface area contributed by atoms with Gasteiger partial charge in [-0.1, -0.05) is 30.3 Å². The van der Waals surface area contributed by atoms with E-state index in [-0.39, 0.29) is 18.4 Å². The maximum atomic E-state index is 12.0. The lowest BCUT2D eigenvalue weighted by atomic mass is 10.1. The average molecular weight is 369 g/mol. The SMILES string of the molecule is Cc1cccc(C)c1OCC(=O)NCc1ccc(C(=O)NCCCN)cc1. The molecule has 0 atom stereocenters. The van der Waals surface area contributed by atoms with Gasteiger partial charge in [-0.15, -0.1) is 0 Å². The summed E-state index contributed by atoms with van der Waals surface area (Å²) in [4.78, 5) is 24.0. The normalized spacial score (nSPS) is 10.3. The molecule has 0 aromatic heterocycles. The molecule has 2 amide bonds. The molecule has 0 saturated heterocycles. The zero-order valence-corrected chi connectivity index (χ0v) is 15.9. The van der Waals surface area contributed by atoms with Crippen molar-refractivity contribution < 1.29 is 14.3 Å². The minimum atomic E-state index is -0.193. The Labute approximate surface area is 160 Å². The van der Waals surface area contributed by atoms with Crippen LogP contribution in [-0.2, 0) is 11.3 Å². The lowest BCUT2D eigenvalue weighted by Gasteiger charge is -2.12. The highest BCUT2D eigenvalue weighted by Crippen LogP contribution is 2.22. The van der Waals surface area contributed by atoms with Crippen LogP contribution < -0.4 is 21.1 Å². The fourth-order valence-electron chi connectivity index (χ4n) is 2.60. The maximum Gasteiger partial charge on any atom is 0.258 e. The van der Waals surface area contributed by atoms with Gasteiger partial charge in [-0.05, 0) is 55.6 Å². The Morgan fingerprint density at radius 2 is 1.67 bits per heavy atom. The third-order valence-electron chi connectivity index (χ3n) is 4.13. The van der Waals surface area contributed by atoms with Crippen molar-refractivity contribution in [2.24, 2.45) is 5.73 Å². The van der Waals surface area contributed by atoms with Crippen molar-refractivity contribution in [1.82, 2.24) is 10.6 Å². The number of hydrogen-bond acceptors (Lipinski definition) is 4. The number of carbonyl (C=O) groups is 2. The topological polar surface area (TPSA) is 93.4 Å². The first-order chi connectivity index (χ1) is 13.0. The number of benzene rings is 2. The van der Waals surface area contributed by atoms with Crippen molar-refractivity contribution in [3.05, 3.63) is 64.7 Å². The van der Waals surface area contributed by atoms with Crippen molar-refractivity contribution in [2.45, 2.75) is 26.8 Å². The van der Waals surface area contributed by atoms with E-state index in [0.29, 0.717) is 25.2 Å². The lowest BCUT2D eigenvalue weighted by Crippen LogP contribution is -2.28. The van der Waals surface area contributed by atoms with Crippen LogP contribution in [0.2, 0.25) is 0 Å². The molecule has 0 spiro atoms. The van der Waals surface area contributed by atoms with E-state index in [4.69, 9.17) is 10.5 Å². The summed E-state index contributed by atoms with van der Waals surface area (Å²) in [6.07, 6.45) is 0.750. The van der Waals surface area contributed by atoms with Gasteiger partial charge in [0, 0.05) is 18.7 Å². The molecule has 0 bridgehead atoms. The predicted octanol–water partition coefficient (Wildman–Crippen LogP) is 2.08. The molecule has 4 N–H and O–H groups in total. The second-order valence-electron chi connectivity index (χ2n) is 6.38. The Morgan fingerprint density at radius 3 is 2.30 bits per heavy atom. The molecule has 0 fully saturated rings. The van der Waals surface area contributed by atoms with Crippen molar-refractivity contribution in [1.29, 1.82) is 0 Å². The van der Waals surface area contributed by atoms with Crippen LogP contribution in [0.15, 0.2) is 42.5 Å². The summed E-state index contributed by atoms with van der Waals surface area (Å²) < 4.78 is 5.64. The van der Waals surface area contributed by atoms with Crippen LogP contribution >= 0.6 is 0 Å². The summed E-state index contributed by atoms with van der Waals surface area (Å²) in [5, 5.41) is 5.63. The smallest absolute Gasteiger partial charge is 0.258 e. The number of carbonyl (C=O) groups excluding carboxylic acids is 2. The van der Waals surface area contributed by atoms with Crippen LogP contribution in [0.5, 0.6) is 5.75 Å². The second-order valence-corrected chi connectivity index (χ2v) is 6.38. The molecular formula is C21H27N3O3. The molecule has 0 unspecified atom stereocenters. The average Bonchev–Trinajstić information content (AvgIpc) is 2.66. The summed E-state index contributed by atoms with van der Waals surface area (Å²) in [5.74, 6) is 0.431. The highest BCUT2D eigenvalue weighted by atomic mass is 16.5. The van der Waals surface area contributed by atoms with Gasteiger partial charge in [0.15, 0.2) is 6.61 Å². The molecule has 2 aromatic carbocycles. The van der Waals surface area contributed by atoms with E-state index in [1.165, 1.54) is 0 Å². The molecule has 6 nitrogen and oxygen atoms in total. The number of aryl methyl sites for hydroxylation is 2. The van der Waals surface area contributed by atoms with Gasteiger partial charge >= 0.3 is 0 Å². The molecule has 27 heavy (non-hydrogen) atoms. The van der Waals surface area contributed by atoms with Gasteiger partial charge in [0.05, 0.1) is 0 Å². The van der Waals surface area contributed by atoms with Crippen LogP contribution in [-0.4, -0.2) is 31.5 Å². The van der Waals surface area contributed by atoms with Gasteiger partial charge in [-0.3, -0.25) is 9.59 Å². The number of nitrogens with one attached hydrogen (secondary N) is 2. The van der Waals surface area contributed by atoms with Gasteiger partial charge in [0.2, 0.25) is 0 Å². The fourth-order valence-corrected chi connectivity index (χ4v) is 2.60. The summed E-state index contributed by atoms with van der Waals surface area (Å²) in [7, 11) is 0. The predicted molar refractivity (Wildman–Crippen MR) is 106 cm³/mol. The van der Waals surface area contributed by atoms with Gasteiger partial charge < -0.3 is 21.1 Å². The first-order valence-corrected chi connectivity index (χ1v) is 9.04. The number of hydrogen-bond donors (Lipinski definition) is 3. The first-order valence-electron chi connectivity index (χ1n) is 9.04. The summed E-state index contributed by atoms with van der Waals surface area (Å²) in [6, 6.07) is 13.0. The zero-order valence-electron chi connectivity index (χ0n) is 15.9. The van der Waals surface area contributed by atoms with Crippen molar-refractivity contribution in [3.63, 3.8) is 0 Å². The molecule has 6 heteroatoms. The van der Waals surface area contributed by atoms with Crippen molar-refractivity contribution in [3.8, 4) is 5.75 Å². The van der Waals surface area contributed by atoms with Crippen LogP contribution in [0.3, 0.4) is 0 Å². The number of nitrogens with two attached hydrogens (primary N) is 1. The summed E-state index contributed by atoms with van der Waals surface area (Å²) >= 11 is 0. The molecule has 0 heterocycles. The Bertz CT molecular complexity index is 752. The molecule has 0 aliphatic rings. The van der Waals surface area contributed by atoms with E-state index in [2.05, 4.69) is 10.6 Å². The molecule has 2 rings (SSSR count). The third-order valence-corrected chi connectivity index (χ3v) is 4.13. The Hall–Kier alpha value is -2.86. The van der Waals surface area contributed by atoms with Crippen molar-refractivity contribution in [2.75, 3.05) is 19.7 Å². The van der Waals surface area contributed by atoms with Crippen molar-refractivity contribution >= 4 is 11.8 Å². The molecule has 0 aliphatic carbocycles. The van der Waals surface area contributed by atoms with Gasteiger partial charge in [-0.25, -0.2) is 0 Å². The molecule has 0 radical (unpaired) electrons. The van der Waals surface area contributed by atoms with Gasteiger partial charge in [0.1, 0.15) is 5.75 Å². The van der Waals surface area contributed by atoms with Crippen LogP contribution in [0.1, 0.15) is 33.5 Å². The Balaban J connectivity index is 1.79. The van der Waals surface area contributed by atoms with Gasteiger partial charge in [-0.2, -0.15) is 0 Å². The third kappa shape index (κ3) is 6.42. The molecule has 0 aliphatic heterocycles. The first kappa shape index (κ1) is 20.5. The maximum absolute atomic E-state index is 12.0. The Kier molecular flexibility index (Phi) is 7.82. The van der Waals surface area contributed by atoms with Crippen LogP contribution in [0.4, 0.5) is 0 Å². The second kappa shape index (κ2) is 10.3. The highest BCUT2D eigenvalue weighted by Gasteiger charge is 2.08. The van der Waals surface area contributed by atoms with E-state index in [9.17, 15) is 9.59 Å². The Morgan fingerprint density at radius 1 is 1.00 bits per heavy atom. The molecule has 2 aromatic rings. The van der Waals surface area contributed by atoms with Crippen LogP contribution in [0, 0.1) is 13.8 Å². The lowest BCUT2D eigenvalue weighted by molar-refractivity contribution is -0.123. The minimum Gasteiger partial charge on any atom is -0.483 e. The zero-order chi connectivity index (χ0) is 19.6. The van der Waals surface area contributed by atoms with Gasteiger partial charge in [0.25, 0.3) is 11.8 Å². The molecule has 0 saturated carbocycles. The number of rotatable bonds is 9. The standard InChI is InChI=1S/C21H27N3O3/c1-15-5-3-6-16(2)20(15)27-14-19(25)24-13-17-7-9-18(10-8-17)21(26)23-12-4-11-22/h3,5-10H,4,11-14,22H2,1-2H3,(H,23,26)(H,24,25). The van der Waals surface area contributed by atoms with Crippen LogP contribution in [0.25, 0.3) is 0 Å². The fraction of sp³-hybridized carbons (Fsp3) is 0.333. The number of ether oxygens (including phenoxy) is 1. The number of para-hydroxylation sites is 1. The quantitative estimate of drug-likeness (QED) is 0.590. The largest absolute Gasteiger partial charge is 0.483 e. The molecule has 144 valence electrons. The number of amides is 2. The van der Waals surface area contributed by atoms with E-state index in [1.54, 1.807) is 12.1 Å². The van der Waals surface area contributed by atoms with E-state index in [1.807, 2.05) is 44.2 Å². The molecular weight excluding hydrogens is 342 g/mol. The summed E-state index contributed by atoms with van der Waals surface area (Å²) in [5.41, 5.74) is 8.91. The van der Waals surface area contributed by atoms with E-state index >= 15 is 0 Å². The van der Waals surface area contributed by atoms with E-state index in [0.717, 1.165) is 28.9 Å². The van der Waals surface area contributed by atoms with E-state index < -0.39 is 0 Å². The monoisotopic (exact) mass is 369 g/mol. The summed E-state index contributed by atoms with van der Waals surface area (Å²) in [6.45, 7) is 5.36. The minimum absolute atomic E-state index is 0.0344.